The highest BCUT2D eigenvalue weighted by molar-refractivity contribution is 8.13. The summed E-state index contributed by atoms with van der Waals surface area (Å²) in [6, 6.07) is 3.44. The van der Waals surface area contributed by atoms with E-state index < -0.39 is 9.05 Å². The van der Waals surface area contributed by atoms with Crippen molar-refractivity contribution in [3.05, 3.63) is 23.9 Å². The maximum atomic E-state index is 10.7. The molecule has 0 saturated heterocycles. The van der Waals surface area contributed by atoms with Crippen molar-refractivity contribution >= 4 is 25.6 Å². The number of aromatic nitrogens is 1. The molecule has 0 saturated carbocycles. The lowest BCUT2D eigenvalue weighted by molar-refractivity contribution is 0.609. The molecule has 78 valence electrons. The van der Waals surface area contributed by atoms with Crippen LogP contribution in [-0.4, -0.2) is 27.5 Å². The Morgan fingerprint density at radius 2 is 2.07 bits per heavy atom. The molecular formula is C8H11ClN2O2S. The van der Waals surface area contributed by atoms with Gasteiger partial charge in [-0.2, -0.15) is 0 Å². The minimum atomic E-state index is -3.49. The highest BCUT2D eigenvalue weighted by atomic mass is 35.7. The molecule has 0 aliphatic heterocycles. The maximum Gasteiger partial charge on any atom is 0.236 e. The highest BCUT2D eigenvalue weighted by Gasteiger charge is 2.07. The Balaban J connectivity index is 2.84. The van der Waals surface area contributed by atoms with Crippen molar-refractivity contribution in [3.8, 4) is 0 Å². The number of pyridine rings is 1. The van der Waals surface area contributed by atoms with Gasteiger partial charge < -0.3 is 4.90 Å². The minimum Gasteiger partial charge on any atom is -0.363 e. The molecule has 0 fully saturated rings. The third-order valence-electron chi connectivity index (χ3n) is 1.61. The van der Waals surface area contributed by atoms with Gasteiger partial charge >= 0.3 is 0 Å². The Kier molecular flexibility index (Phi) is 3.34. The van der Waals surface area contributed by atoms with Gasteiger partial charge in [0.05, 0.1) is 5.75 Å². The molecule has 4 nitrogen and oxygen atoms in total. The van der Waals surface area contributed by atoms with Crippen molar-refractivity contribution in [1.29, 1.82) is 0 Å². The molecule has 1 aromatic heterocycles. The van der Waals surface area contributed by atoms with Crippen LogP contribution in [0.3, 0.4) is 0 Å². The Morgan fingerprint density at radius 1 is 1.43 bits per heavy atom. The highest BCUT2D eigenvalue weighted by Crippen LogP contribution is 2.12. The molecule has 6 heteroatoms. The molecule has 1 aromatic rings. The van der Waals surface area contributed by atoms with Gasteiger partial charge in [-0.05, 0) is 11.6 Å². The summed E-state index contributed by atoms with van der Waals surface area (Å²) in [6.45, 7) is 0. The molecule has 0 spiro atoms. The average Bonchev–Trinajstić information content (AvgIpc) is 2.02. The van der Waals surface area contributed by atoms with Crippen molar-refractivity contribution in [1.82, 2.24) is 4.98 Å². The van der Waals surface area contributed by atoms with Crippen LogP contribution in [0.4, 0.5) is 5.82 Å². The fourth-order valence-corrected chi connectivity index (χ4v) is 1.91. The summed E-state index contributed by atoms with van der Waals surface area (Å²) in [5, 5.41) is 0. The number of halogens is 1. The number of anilines is 1. The van der Waals surface area contributed by atoms with E-state index in [0.717, 1.165) is 5.82 Å². The molecule has 0 amide bonds. The van der Waals surface area contributed by atoms with Crippen LogP contribution in [0, 0.1) is 0 Å². The number of hydrogen-bond donors (Lipinski definition) is 0. The molecule has 1 rings (SSSR count). The van der Waals surface area contributed by atoms with Gasteiger partial charge in [0.15, 0.2) is 0 Å². The van der Waals surface area contributed by atoms with E-state index in [-0.39, 0.29) is 5.75 Å². The SMILES string of the molecule is CN(C)c1ccc(CS(=O)(=O)Cl)cn1. The first-order valence-corrected chi connectivity index (χ1v) is 6.41. The summed E-state index contributed by atoms with van der Waals surface area (Å²) in [6.07, 6.45) is 1.51. The molecule has 0 radical (unpaired) electrons. The Morgan fingerprint density at radius 3 is 2.43 bits per heavy atom. The Hall–Kier alpha value is -0.810. The summed E-state index contributed by atoms with van der Waals surface area (Å²) < 4.78 is 21.5. The van der Waals surface area contributed by atoms with Gasteiger partial charge in [-0.15, -0.1) is 0 Å². The monoisotopic (exact) mass is 234 g/mol. The lowest BCUT2D eigenvalue weighted by Crippen LogP contribution is -2.10. The van der Waals surface area contributed by atoms with Gasteiger partial charge in [0.2, 0.25) is 9.05 Å². The van der Waals surface area contributed by atoms with Crippen molar-refractivity contribution in [2.75, 3.05) is 19.0 Å². The van der Waals surface area contributed by atoms with E-state index in [1.165, 1.54) is 6.20 Å². The van der Waals surface area contributed by atoms with Crippen LogP contribution in [0.5, 0.6) is 0 Å². The molecule has 14 heavy (non-hydrogen) atoms. The van der Waals surface area contributed by atoms with Crippen LogP contribution < -0.4 is 4.90 Å². The van der Waals surface area contributed by atoms with Gasteiger partial charge in [-0.25, -0.2) is 13.4 Å². The first kappa shape index (κ1) is 11.3. The summed E-state index contributed by atoms with van der Waals surface area (Å²) in [7, 11) is 5.34. The van der Waals surface area contributed by atoms with Crippen LogP contribution in [0.1, 0.15) is 5.56 Å². The van der Waals surface area contributed by atoms with Crippen molar-refractivity contribution in [3.63, 3.8) is 0 Å². The smallest absolute Gasteiger partial charge is 0.236 e. The third kappa shape index (κ3) is 3.51. The molecule has 0 aliphatic carbocycles. The topological polar surface area (TPSA) is 50.3 Å². The van der Waals surface area contributed by atoms with E-state index in [2.05, 4.69) is 4.98 Å². The van der Waals surface area contributed by atoms with Crippen LogP contribution in [0.25, 0.3) is 0 Å². The van der Waals surface area contributed by atoms with E-state index in [1.54, 1.807) is 12.1 Å². The van der Waals surface area contributed by atoms with Gasteiger partial charge in [0, 0.05) is 31.0 Å². The van der Waals surface area contributed by atoms with E-state index >= 15 is 0 Å². The minimum absolute atomic E-state index is 0.185. The molecular weight excluding hydrogens is 224 g/mol. The molecule has 0 aromatic carbocycles. The normalized spacial score (nSPS) is 11.4. The van der Waals surface area contributed by atoms with Crippen molar-refractivity contribution in [2.24, 2.45) is 0 Å². The first-order valence-electron chi connectivity index (χ1n) is 3.93. The Bertz CT molecular complexity index is 400. The predicted octanol–water partition coefficient (Wildman–Crippen LogP) is 1.22. The quantitative estimate of drug-likeness (QED) is 0.738. The molecule has 0 aliphatic rings. The van der Waals surface area contributed by atoms with Crippen molar-refractivity contribution < 1.29 is 8.42 Å². The third-order valence-corrected chi connectivity index (χ3v) is 2.61. The summed E-state index contributed by atoms with van der Waals surface area (Å²) in [5.74, 6) is 0.593. The van der Waals surface area contributed by atoms with E-state index in [1.807, 2.05) is 19.0 Å². The van der Waals surface area contributed by atoms with Gasteiger partial charge in [-0.1, -0.05) is 6.07 Å². The molecule has 0 atom stereocenters. The second-order valence-electron chi connectivity index (χ2n) is 3.10. The van der Waals surface area contributed by atoms with Gasteiger partial charge in [0.25, 0.3) is 0 Å². The zero-order valence-electron chi connectivity index (χ0n) is 7.94. The van der Waals surface area contributed by atoms with Crippen LogP contribution in [0.2, 0.25) is 0 Å². The molecule has 0 bridgehead atoms. The van der Waals surface area contributed by atoms with Gasteiger partial charge in [-0.3, -0.25) is 0 Å². The summed E-state index contributed by atoms with van der Waals surface area (Å²) in [4.78, 5) is 5.90. The van der Waals surface area contributed by atoms with Crippen LogP contribution in [-0.2, 0) is 14.8 Å². The Labute approximate surface area is 87.9 Å². The van der Waals surface area contributed by atoms with E-state index in [4.69, 9.17) is 10.7 Å². The largest absolute Gasteiger partial charge is 0.363 e. The van der Waals surface area contributed by atoms with E-state index in [0.29, 0.717) is 5.56 Å². The standard InChI is InChI=1S/C8H11ClN2O2S/c1-11(2)8-4-3-7(5-10-8)6-14(9,12)13/h3-5H,6H2,1-2H3. The predicted molar refractivity (Wildman–Crippen MR) is 57.0 cm³/mol. The van der Waals surface area contributed by atoms with Crippen LogP contribution >= 0.6 is 10.7 Å². The maximum absolute atomic E-state index is 10.7. The number of rotatable bonds is 3. The zero-order valence-corrected chi connectivity index (χ0v) is 9.51. The second-order valence-corrected chi connectivity index (χ2v) is 5.88. The lowest BCUT2D eigenvalue weighted by Gasteiger charge is -2.10. The van der Waals surface area contributed by atoms with E-state index in [9.17, 15) is 8.42 Å². The molecule has 0 unspecified atom stereocenters. The first-order chi connectivity index (χ1) is 6.38. The summed E-state index contributed by atoms with van der Waals surface area (Å²) in [5.41, 5.74) is 0.589. The van der Waals surface area contributed by atoms with Crippen molar-refractivity contribution in [2.45, 2.75) is 5.75 Å². The fourth-order valence-electron chi connectivity index (χ4n) is 0.966. The number of hydrogen-bond acceptors (Lipinski definition) is 4. The van der Waals surface area contributed by atoms with Gasteiger partial charge in [0.1, 0.15) is 5.82 Å². The summed E-state index contributed by atoms with van der Waals surface area (Å²) >= 11 is 0. The zero-order chi connectivity index (χ0) is 10.8. The molecule has 1 heterocycles. The lowest BCUT2D eigenvalue weighted by atomic mass is 10.3. The van der Waals surface area contributed by atoms with Crippen LogP contribution in [0.15, 0.2) is 18.3 Å². The molecule has 0 N–H and O–H groups in total. The average molecular weight is 235 g/mol. The number of nitrogens with zero attached hydrogens (tertiary/aromatic N) is 2. The second kappa shape index (κ2) is 4.14. The fraction of sp³-hybridized carbons (Fsp3) is 0.375.